The van der Waals surface area contributed by atoms with Gasteiger partial charge in [-0.05, 0) is 49.2 Å². The number of allylic oxidation sites excluding steroid dienone is 1. The number of halogens is 1. The Morgan fingerprint density at radius 3 is 2.65 bits per heavy atom. The molecule has 2 nitrogen and oxygen atoms in total. The van der Waals surface area contributed by atoms with Gasteiger partial charge in [-0.2, -0.15) is 0 Å². The molecule has 0 radical (unpaired) electrons. The van der Waals surface area contributed by atoms with Gasteiger partial charge in [0.1, 0.15) is 0 Å². The standard InChI is InChI=1S/C20H16BrNO/c1-3-16(18-11-15(21)9-8-13(18)2)20-10-14(12-23)17-6-4-5-7-19(17)22-20/h3-12H,1-2H3/b16-3+. The van der Waals surface area contributed by atoms with E-state index >= 15 is 0 Å². The van der Waals surface area contributed by atoms with Gasteiger partial charge in [-0.15, -0.1) is 0 Å². The van der Waals surface area contributed by atoms with Gasteiger partial charge in [0.25, 0.3) is 0 Å². The molecular weight excluding hydrogens is 350 g/mol. The number of carbonyl (C=O) groups is 1. The van der Waals surface area contributed by atoms with Crippen molar-refractivity contribution in [3.05, 3.63) is 81.5 Å². The molecule has 23 heavy (non-hydrogen) atoms. The van der Waals surface area contributed by atoms with E-state index in [2.05, 4.69) is 35.0 Å². The van der Waals surface area contributed by atoms with Crippen LogP contribution in [0.2, 0.25) is 0 Å². The number of hydrogen-bond acceptors (Lipinski definition) is 2. The Hall–Kier alpha value is -2.26. The molecule has 3 rings (SSSR count). The number of carbonyl (C=O) groups excluding carboxylic acids is 1. The molecule has 0 N–H and O–H groups in total. The summed E-state index contributed by atoms with van der Waals surface area (Å²) in [7, 11) is 0. The second-order valence-electron chi connectivity index (χ2n) is 5.39. The summed E-state index contributed by atoms with van der Waals surface area (Å²) in [6.45, 7) is 4.07. The first-order valence-corrected chi connectivity index (χ1v) is 8.21. The molecule has 1 heterocycles. The van der Waals surface area contributed by atoms with Crippen molar-refractivity contribution in [2.45, 2.75) is 13.8 Å². The predicted molar refractivity (Wildman–Crippen MR) is 98.8 cm³/mol. The van der Waals surface area contributed by atoms with Crippen LogP contribution < -0.4 is 0 Å². The van der Waals surface area contributed by atoms with E-state index in [1.54, 1.807) is 0 Å². The quantitative estimate of drug-likeness (QED) is 0.567. The van der Waals surface area contributed by atoms with Gasteiger partial charge in [0.05, 0.1) is 11.2 Å². The molecule has 0 bridgehead atoms. The average Bonchev–Trinajstić information content (AvgIpc) is 2.58. The lowest BCUT2D eigenvalue weighted by Crippen LogP contribution is -1.98. The summed E-state index contributed by atoms with van der Waals surface area (Å²) < 4.78 is 1.02. The second-order valence-corrected chi connectivity index (χ2v) is 6.31. The molecule has 0 unspecified atom stereocenters. The van der Waals surface area contributed by atoms with Crippen molar-refractivity contribution < 1.29 is 4.79 Å². The molecule has 0 spiro atoms. The SMILES string of the molecule is C/C=C(/c1cc(C=O)c2ccccc2n1)c1cc(Br)ccc1C. The lowest BCUT2D eigenvalue weighted by atomic mass is 9.96. The summed E-state index contributed by atoms with van der Waals surface area (Å²) in [4.78, 5) is 16.2. The molecule has 1 aromatic heterocycles. The third-order valence-corrected chi connectivity index (χ3v) is 4.42. The van der Waals surface area contributed by atoms with E-state index in [9.17, 15) is 4.79 Å². The predicted octanol–water partition coefficient (Wildman–Crippen LogP) is 5.57. The first-order chi connectivity index (χ1) is 11.1. The highest BCUT2D eigenvalue weighted by atomic mass is 79.9. The van der Waals surface area contributed by atoms with Gasteiger partial charge in [0.15, 0.2) is 6.29 Å². The Kier molecular flexibility index (Phi) is 4.39. The normalized spacial score (nSPS) is 11.7. The van der Waals surface area contributed by atoms with Crippen molar-refractivity contribution >= 4 is 38.7 Å². The van der Waals surface area contributed by atoms with Gasteiger partial charge < -0.3 is 0 Å². The second kappa shape index (κ2) is 6.47. The third kappa shape index (κ3) is 2.97. The lowest BCUT2D eigenvalue weighted by molar-refractivity contribution is 0.112. The first kappa shape index (κ1) is 15.6. The zero-order valence-corrected chi connectivity index (χ0v) is 14.6. The van der Waals surface area contributed by atoms with Gasteiger partial charge >= 0.3 is 0 Å². The van der Waals surface area contributed by atoms with E-state index in [-0.39, 0.29) is 0 Å². The molecular formula is C20H16BrNO. The molecule has 3 aromatic rings. The fourth-order valence-corrected chi connectivity index (χ4v) is 3.12. The monoisotopic (exact) mass is 365 g/mol. The Morgan fingerprint density at radius 2 is 1.91 bits per heavy atom. The van der Waals surface area contributed by atoms with Crippen molar-refractivity contribution in [3.8, 4) is 0 Å². The number of hydrogen-bond donors (Lipinski definition) is 0. The minimum absolute atomic E-state index is 0.664. The van der Waals surface area contributed by atoms with Crippen LogP contribution in [0.1, 0.15) is 34.1 Å². The van der Waals surface area contributed by atoms with Gasteiger partial charge in [-0.3, -0.25) is 4.79 Å². The number of rotatable bonds is 3. The van der Waals surface area contributed by atoms with E-state index in [4.69, 9.17) is 4.98 Å². The van der Waals surface area contributed by atoms with Gasteiger partial charge in [-0.1, -0.05) is 46.3 Å². The van der Waals surface area contributed by atoms with Crippen molar-refractivity contribution in [2.75, 3.05) is 0 Å². The van der Waals surface area contributed by atoms with E-state index < -0.39 is 0 Å². The minimum atomic E-state index is 0.664. The molecule has 0 aliphatic heterocycles. The highest BCUT2D eigenvalue weighted by Crippen LogP contribution is 2.29. The molecule has 0 fully saturated rings. The Balaban J connectivity index is 2.25. The molecule has 0 aliphatic carbocycles. The van der Waals surface area contributed by atoms with Crippen LogP contribution in [0.25, 0.3) is 16.5 Å². The molecule has 0 saturated carbocycles. The van der Waals surface area contributed by atoms with Crippen molar-refractivity contribution in [1.29, 1.82) is 0 Å². The number of nitrogens with zero attached hydrogens (tertiary/aromatic N) is 1. The molecule has 0 atom stereocenters. The average molecular weight is 366 g/mol. The van der Waals surface area contributed by atoms with Crippen molar-refractivity contribution in [1.82, 2.24) is 4.98 Å². The van der Waals surface area contributed by atoms with Gasteiger partial charge in [0, 0.05) is 21.0 Å². The van der Waals surface area contributed by atoms with Crippen LogP contribution in [-0.2, 0) is 0 Å². The van der Waals surface area contributed by atoms with Crippen LogP contribution in [0, 0.1) is 6.92 Å². The summed E-state index contributed by atoms with van der Waals surface area (Å²) in [5.74, 6) is 0. The summed E-state index contributed by atoms with van der Waals surface area (Å²) >= 11 is 3.53. The number of fused-ring (bicyclic) bond motifs is 1. The largest absolute Gasteiger partial charge is 0.298 e. The Labute approximate surface area is 144 Å². The van der Waals surface area contributed by atoms with E-state index in [1.165, 1.54) is 5.56 Å². The Morgan fingerprint density at radius 1 is 1.13 bits per heavy atom. The first-order valence-electron chi connectivity index (χ1n) is 7.42. The number of aryl methyl sites for hydroxylation is 1. The number of aldehydes is 1. The zero-order chi connectivity index (χ0) is 16.4. The third-order valence-electron chi connectivity index (χ3n) is 3.93. The highest BCUT2D eigenvalue weighted by molar-refractivity contribution is 9.10. The van der Waals surface area contributed by atoms with Crippen molar-refractivity contribution in [2.24, 2.45) is 0 Å². The van der Waals surface area contributed by atoms with Crippen LogP contribution in [-0.4, -0.2) is 11.3 Å². The Bertz CT molecular complexity index is 928. The number of benzene rings is 2. The lowest BCUT2D eigenvalue weighted by Gasteiger charge is -2.13. The minimum Gasteiger partial charge on any atom is -0.298 e. The number of para-hydroxylation sites is 1. The van der Waals surface area contributed by atoms with Crippen LogP contribution in [0.3, 0.4) is 0 Å². The molecule has 114 valence electrons. The maximum atomic E-state index is 11.5. The molecule has 0 aliphatic rings. The van der Waals surface area contributed by atoms with Gasteiger partial charge in [0.2, 0.25) is 0 Å². The fraction of sp³-hybridized carbons (Fsp3) is 0.100. The van der Waals surface area contributed by atoms with Crippen LogP contribution in [0.5, 0.6) is 0 Å². The summed E-state index contributed by atoms with van der Waals surface area (Å²) in [5.41, 5.74) is 5.62. The summed E-state index contributed by atoms with van der Waals surface area (Å²) in [6.07, 6.45) is 2.94. The fourth-order valence-electron chi connectivity index (χ4n) is 2.76. The van der Waals surface area contributed by atoms with Crippen molar-refractivity contribution in [3.63, 3.8) is 0 Å². The molecule has 0 amide bonds. The molecule has 3 heteroatoms. The van der Waals surface area contributed by atoms with Crippen LogP contribution in [0.4, 0.5) is 0 Å². The van der Waals surface area contributed by atoms with E-state index in [0.29, 0.717) is 5.56 Å². The summed E-state index contributed by atoms with van der Waals surface area (Å²) in [6, 6.07) is 15.8. The van der Waals surface area contributed by atoms with Crippen LogP contribution in [0.15, 0.2) is 59.1 Å². The molecule has 2 aromatic carbocycles. The smallest absolute Gasteiger partial charge is 0.150 e. The highest BCUT2D eigenvalue weighted by Gasteiger charge is 2.12. The van der Waals surface area contributed by atoms with E-state index in [0.717, 1.165) is 38.5 Å². The van der Waals surface area contributed by atoms with Gasteiger partial charge in [-0.25, -0.2) is 4.98 Å². The zero-order valence-electron chi connectivity index (χ0n) is 13.0. The maximum Gasteiger partial charge on any atom is 0.150 e. The summed E-state index contributed by atoms with van der Waals surface area (Å²) in [5, 5.41) is 0.882. The molecule has 0 saturated heterocycles. The van der Waals surface area contributed by atoms with E-state index in [1.807, 2.05) is 49.4 Å². The van der Waals surface area contributed by atoms with Crippen LogP contribution >= 0.6 is 15.9 Å². The number of pyridine rings is 1. The number of aromatic nitrogens is 1. The maximum absolute atomic E-state index is 11.5. The topological polar surface area (TPSA) is 30.0 Å².